The highest BCUT2D eigenvalue weighted by atomic mass is 16.5. The van der Waals surface area contributed by atoms with Crippen LogP contribution in [0.5, 0.6) is 5.75 Å². The summed E-state index contributed by atoms with van der Waals surface area (Å²) in [5, 5.41) is 5.93. The molecule has 1 aliphatic heterocycles. The largest absolute Gasteiger partial charge is 0.491 e. The SMILES string of the molecule is CCCNC(=O)CNc1cccc(OCC2CCCO2)c1. The second kappa shape index (κ2) is 8.52. The molecule has 1 atom stereocenters. The maximum atomic E-state index is 11.5. The summed E-state index contributed by atoms with van der Waals surface area (Å²) in [4.78, 5) is 11.5. The number of rotatable bonds is 8. The fraction of sp³-hybridized carbons (Fsp3) is 0.562. The van der Waals surface area contributed by atoms with Crippen LogP contribution in [0.15, 0.2) is 24.3 Å². The van der Waals surface area contributed by atoms with Crippen LogP contribution in [-0.2, 0) is 9.53 Å². The predicted molar refractivity (Wildman–Crippen MR) is 82.7 cm³/mol. The quantitative estimate of drug-likeness (QED) is 0.771. The first-order valence-corrected chi connectivity index (χ1v) is 7.63. The summed E-state index contributed by atoms with van der Waals surface area (Å²) in [5.41, 5.74) is 0.881. The number of anilines is 1. The summed E-state index contributed by atoms with van der Waals surface area (Å²) in [6, 6.07) is 7.66. The van der Waals surface area contributed by atoms with Crippen LogP contribution < -0.4 is 15.4 Å². The van der Waals surface area contributed by atoms with Crippen molar-refractivity contribution >= 4 is 11.6 Å². The second-order valence-electron chi connectivity index (χ2n) is 5.18. The maximum absolute atomic E-state index is 11.5. The van der Waals surface area contributed by atoms with Crippen molar-refractivity contribution in [2.75, 3.05) is 31.6 Å². The van der Waals surface area contributed by atoms with Crippen molar-refractivity contribution in [2.45, 2.75) is 32.3 Å². The van der Waals surface area contributed by atoms with Crippen LogP contribution in [0.3, 0.4) is 0 Å². The van der Waals surface area contributed by atoms with Gasteiger partial charge in [-0.25, -0.2) is 0 Å². The molecule has 0 spiro atoms. The van der Waals surface area contributed by atoms with Crippen LogP contribution in [0.2, 0.25) is 0 Å². The average molecular weight is 292 g/mol. The van der Waals surface area contributed by atoms with Gasteiger partial charge in [0.05, 0.1) is 12.6 Å². The highest BCUT2D eigenvalue weighted by molar-refractivity contribution is 5.80. The first kappa shape index (κ1) is 15.6. The molecule has 21 heavy (non-hydrogen) atoms. The van der Waals surface area contributed by atoms with Gasteiger partial charge in [-0.1, -0.05) is 13.0 Å². The lowest BCUT2D eigenvalue weighted by atomic mass is 10.2. The molecule has 1 aromatic carbocycles. The van der Waals surface area contributed by atoms with E-state index in [9.17, 15) is 4.79 Å². The number of carbonyl (C=O) groups excluding carboxylic acids is 1. The van der Waals surface area contributed by atoms with Gasteiger partial charge in [0, 0.05) is 24.9 Å². The van der Waals surface area contributed by atoms with Gasteiger partial charge in [0.1, 0.15) is 12.4 Å². The number of hydrogen-bond donors (Lipinski definition) is 2. The molecule has 0 bridgehead atoms. The Kier molecular flexibility index (Phi) is 6.34. The zero-order chi connectivity index (χ0) is 14.9. The zero-order valence-electron chi connectivity index (χ0n) is 12.6. The summed E-state index contributed by atoms with van der Waals surface area (Å²) in [6.45, 7) is 4.44. The van der Waals surface area contributed by atoms with Gasteiger partial charge in [0.2, 0.25) is 5.91 Å². The summed E-state index contributed by atoms with van der Waals surface area (Å²) in [6.07, 6.45) is 3.33. The Hall–Kier alpha value is -1.75. The Balaban J connectivity index is 1.75. The van der Waals surface area contributed by atoms with Gasteiger partial charge in [0.25, 0.3) is 0 Å². The van der Waals surface area contributed by atoms with Gasteiger partial charge in [-0.15, -0.1) is 0 Å². The Bertz CT molecular complexity index is 445. The van der Waals surface area contributed by atoms with Crippen molar-refractivity contribution in [1.82, 2.24) is 5.32 Å². The van der Waals surface area contributed by atoms with Crippen molar-refractivity contribution in [1.29, 1.82) is 0 Å². The molecule has 5 heteroatoms. The monoisotopic (exact) mass is 292 g/mol. The fourth-order valence-electron chi connectivity index (χ4n) is 2.17. The summed E-state index contributed by atoms with van der Waals surface area (Å²) in [5.74, 6) is 0.798. The standard InChI is InChI=1S/C16H24N2O3/c1-2-8-17-16(19)11-18-13-5-3-6-14(10-13)21-12-15-7-4-9-20-15/h3,5-6,10,15,18H,2,4,7-9,11-12H2,1H3,(H,17,19). The van der Waals surface area contributed by atoms with E-state index in [-0.39, 0.29) is 18.6 Å². The lowest BCUT2D eigenvalue weighted by Crippen LogP contribution is -2.30. The number of amides is 1. The van der Waals surface area contributed by atoms with E-state index in [4.69, 9.17) is 9.47 Å². The molecule has 1 unspecified atom stereocenters. The molecular formula is C16H24N2O3. The molecule has 1 aliphatic rings. The Morgan fingerprint density at radius 2 is 2.38 bits per heavy atom. The molecule has 0 radical (unpaired) electrons. The molecule has 0 aromatic heterocycles. The van der Waals surface area contributed by atoms with Crippen LogP contribution in [0, 0.1) is 0 Å². The van der Waals surface area contributed by atoms with E-state index >= 15 is 0 Å². The molecule has 116 valence electrons. The van der Waals surface area contributed by atoms with Gasteiger partial charge in [-0.3, -0.25) is 4.79 Å². The highest BCUT2D eigenvalue weighted by Crippen LogP contribution is 2.19. The van der Waals surface area contributed by atoms with E-state index in [0.717, 1.165) is 37.3 Å². The van der Waals surface area contributed by atoms with Crippen molar-refractivity contribution in [3.63, 3.8) is 0 Å². The third-order valence-corrected chi connectivity index (χ3v) is 3.32. The molecule has 2 rings (SSSR count). The predicted octanol–water partition coefficient (Wildman–Crippen LogP) is 2.18. The van der Waals surface area contributed by atoms with Crippen molar-refractivity contribution in [3.05, 3.63) is 24.3 Å². The van der Waals surface area contributed by atoms with Gasteiger partial charge in [-0.05, 0) is 31.4 Å². The third kappa shape index (κ3) is 5.63. The van der Waals surface area contributed by atoms with Crippen molar-refractivity contribution in [2.24, 2.45) is 0 Å². The fourth-order valence-corrected chi connectivity index (χ4v) is 2.17. The van der Waals surface area contributed by atoms with E-state index in [1.807, 2.05) is 31.2 Å². The third-order valence-electron chi connectivity index (χ3n) is 3.32. The van der Waals surface area contributed by atoms with Gasteiger partial charge < -0.3 is 20.1 Å². The Labute approximate surface area is 126 Å². The van der Waals surface area contributed by atoms with E-state index in [0.29, 0.717) is 13.2 Å². The number of hydrogen-bond acceptors (Lipinski definition) is 4. The normalized spacial score (nSPS) is 17.5. The lowest BCUT2D eigenvalue weighted by molar-refractivity contribution is -0.119. The first-order chi connectivity index (χ1) is 10.3. The molecule has 0 aliphatic carbocycles. The Morgan fingerprint density at radius 1 is 1.48 bits per heavy atom. The van der Waals surface area contributed by atoms with Crippen molar-refractivity contribution in [3.8, 4) is 5.75 Å². The minimum atomic E-state index is 0.00234. The van der Waals surface area contributed by atoms with Gasteiger partial charge >= 0.3 is 0 Å². The molecular weight excluding hydrogens is 268 g/mol. The van der Waals surface area contributed by atoms with E-state index < -0.39 is 0 Å². The number of ether oxygens (including phenoxy) is 2. The maximum Gasteiger partial charge on any atom is 0.239 e. The van der Waals surface area contributed by atoms with Gasteiger partial charge in [0.15, 0.2) is 0 Å². The summed E-state index contributed by atoms with van der Waals surface area (Å²) < 4.78 is 11.3. The average Bonchev–Trinajstić information content (AvgIpc) is 3.03. The summed E-state index contributed by atoms with van der Waals surface area (Å²) in [7, 11) is 0. The molecule has 0 saturated carbocycles. The summed E-state index contributed by atoms with van der Waals surface area (Å²) >= 11 is 0. The highest BCUT2D eigenvalue weighted by Gasteiger charge is 2.15. The molecule has 1 amide bonds. The molecule has 5 nitrogen and oxygen atoms in total. The molecule has 1 aromatic rings. The second-order valence-corrected chi connectivity index (χ2v) is 5.18. The van der Waals surface area contributed by atoms with E-state index in [2.05, 4.69) is 10.6 Å². The number of benzene rings is 1. The first-order valence-electron chi connectivity index (χ1n) is 7.63. The topological polar surface area (TPSA) is 59.6 Å². The molecule has 1 heterocycles. The Morgan fingerprint density at radius 3 is 3.14 bits per heavy atom. The zero-order valence-corrected chi connectivity index (χ0v) is 12.6. The smallest absolute Gasteiger partial charge is 0.239 e. The lowest BCUT2D eigenvalue weighted by Gasteiger charge is -2.13. The van der Waals surface area contributed by atoms with Crippen molar-refractivity contribution < 1.29 is 14.3 Å². The molecule has 1 fully saturated rings. The minimum Gasteiger partial charge on any atom is -0.491 e. The van der Waals surface area contributed by atoms with E-state index in [1.165, 1.54) is 0 Å². The van der Waals surface area contributed by atoms with Gasteiger partial charge in [-0.2, -0.15) is 0 Å². The molecule has 1 saturated heterocycles. The van der Waals surface area contributed by atoms with Crippen LogP contribution in [0.4, 0.5) is 5.69 Å². The van der Waals surface area contributed by atoms with E-state index in [1.54, 1.807) is 0 Å². The van der Waals surface area contributed by atoms with Crippen LogP contribution >= 0.6 is 0 Å². The number of carbonyl (C=O) groups is 1. The van der Waals surface area contributed by atoms with Crippen LogP contribution in [-0.4, -0.2) is 38.3 Å². The number of nitrogens with one attached hydrogen (secondary N) is 2. The van der Waals surface area contributed by atoms with Crippen LogP contribution in [0.1, 0.15) is 26.2 Å². The van der Waals surface area contributed by atoms with Crippen LogP contribution in [0.25, 0.3) is 0 Å². The molecule has 2 N–H and O–H groups in total. The minimum absolute atomic E-state index is 0.00234.